The number of carboxylic acids is 1. The second-order valence-corrected chi connectivity index (χ2v) is 3.16. The third kappa shape index (κ3) is 1.94. The van der Waals surface area contributed by atoms with Crippen LogP contribution in [0.15, 0.2) is 12.1 Å². The van der Waals surface area contributed by atoms with Crippen LogP contribution in [0.5, 0.6) is 0 Å². The minimum atomic E-state index is -1.32. The van der Waals surface area contributed by atoms with Gasteiger partial charge in [0.2, 0.25) is 0 Å². The summed E-state index contributed by atoms with van der Waals surface area (Å²) in [4.78, 5) is 20.2. The molecule has 0 spiro atoms. The van der Waals surface area contributed by atoms with Crippen LogP contribution in [0.2, 0.25) is 10.0 Å². The SMILES string of the molecule is O=C(O)c1c(Cl)cc([N+](=O)[O-])cc1Cl. The highest BCUT2D eigenvalue weighted by molar-refractivity contribution is 6.39. The number of carboxylic acid groups (broad SMARTS) is 1. The molecule has 0 aromatic heterocycles. The number of non-ortho nitro benzene ring substituents is 1. The first kappa shape index (κ1) is 10.7. The Morgan fingerprint density at radius 3 is 2.07 bits per heavy atom. The van der Waals surface area contributed by atoms with Gasteiger partial charge in [0.15, 0.2) is 0 Å². The number of benzene rings is 1. The molecule has 0 aliphatic heterocycles. The maximum absolute atomic E-state index is 10.6. The molecule has 1 rings (SSSR count). The molecule has 7 heteroatoms. The summed E-state index contributed by atoms with van der Waals surface area (Å²) in [6, 6.07) is 1.88. The number of rotatable bonds is 2. The summed E-state index contributed by atoms with van der Waals surface area (Å²) in [5.74, 6) is -1.32. The molecule has 0 saturated heterocycles. The van der Waals surface area contributed by atoms with Crippen LogP contribution < -0.4 is 0 Å². The van der Waals surface area contributed by atoms with Crippen LogP contribution in [-0.2, 0) is 0 Å². The van der Waals surface area contributed by atoms with Crippen molar-refractivity contribution < 1.29 is 14.8 Å². The minimum absolute atomic E-state index is 0.253. The molecule has 0 amide bonds. The second-order valence-electron chi connectivity index (χ2n) is 2.35. The van der Waals surface area contributed by atoms with Crippen LogP contribution in [0.1, 0.15) is 10.4 Å². The summed E-state index contributed by atoms with van der Waals surface area (Å²) in [5, 5.41) is 18.5. The van der Waals surface area contributed by atoms with Crippen LogP contribution in [-0.4, -0.2) is 16.0 Å². The molecule has 1 aromatic carbocycles. The van der Waals surface area contributed by atoms with Gasteiger partial charge in [-0.2, -0.15) is 0 Å². The topological polar surface area (TPSA) is 80.4 Å². The zero-order valence-corrected chi connectivity index (χ0v) is 8.04. The van der Waals surface area contributed by atoms with Crippen molar-refractivity contribution in [1.29, 1.82) is 0 Å². The van der Waals surface area contributed by atoms with E-state index in [1.165, 1.54) is 0 Å². The van der Waals surface area contributed by atoms with E-state index in [2.05, 4.69) is 0 Å². The first-order chi connectivity index (χ1) is 6.43. The number of halogens is 2. The quantitative estimate of drug-likeness (QED) is 0.631. The summed E-state index contributed by atoms with van der Waals surface area (Å²) < 4.78 is 0. The van der Waals surface area contributed by atoms with E-state index in [9.17, 15) is 14.9 Å². The smallest absolute Gasteiger partial charge is 0.338 e. The van der Waals surface area contributed by atoms with Gasteiger partial charge in [-0.1, -0.05) is 23.2 Å². The Labute approximate surface area is 88.0 Å². The molecule has 0 aliphatic rings. The lowest BCUT2D eigenvalue weighted by atomic mass is 10.2. The van der Waals surface area contributed by atoms with Crippen LogP contribution in [0.3, 0.4) is 0 Å². The Hall–Kier alpha value is -1.33. The van der Waals surface area contributed by atoms with Gasteiger partial charge < -0.3 is 5.11 Å². The maximum Gasteiger partial charge on any atom is 0.338 e. The van der Waals surface area contributed by atoms with Gasteiger partial charge in [-0.05, 0) is 0 Å². The van der Waals surface area contributed by atoms with Gasteiger partial charge in [0.25, 0.3) is 5.69 Å². The Bertz CT molecular complexity index is 395. The molecule has 1 aromatic rings. The highest BCUT2D eigenvalue weighted by atomic mass is 35.5. The number of nitro benzene ring substituents is 1. The van der Waals surface area contributed by atoms with E-state index >= 15 is 0 Å². The number of aromatic carboxylic acids is 1. The van der Waals surface area contributed by atoms with Crippen molar-refractivity contribution in [3.05, 3.63) is 37.9 Å². The molecular weight excluding hydrogens is 233 g/mol. The second kappa shape index (κ2) is 3.81. The molecule has 5 nitrogen and oxygen atoms in total. The lowest BCUT2D eigenvalue weighted by Gasteiger charge is -2.01. The number of nitro groups is 1. The highest BCUT2D eigenvalue weighted by Gasteiger charge is 2.18. The van der Waals surface area contributed by atoms with E-state index < -0.39 is 10.9 Å². The monoisotopic (exact) mass is 235 g/mol. The number of hydrogen-bond donors (Lipinski definition) is 1. The van der Waals surface area contributed by atoms with Crippen molar-refractivity contribution in [2.24, 2.45) is 0 Å². The Kier molecular flexibility index (Phi) is 2.93. The van der Waals surface area contributed by atoms with Gasteiger partial charge in [0, 0.05) is 12.1 Å². The molecule has 14 heavy (non-hydrogen) atoms. The Balaban J connectivity index is 3.39. The summed E-state index contributed by atoms with van der Waals surface area (Å²) in [6.07, 6.45) is 0. The van der Waals surface area contributed by atoms with Gasteiger partial charge in [0.05, 0.1) is 20.5 Å². The first-order valence-electron chi connectivity index (χ1n) is 3.30. The molecular formula is C7H3Cl2NO4. The molecule has 0 radical (unpaired) electrons. The van der Waals surface area contributed by atoms with Crippen LogP contribution in [0.25, 0.3) is 0 Å². The molecule has 0 aliphatic carbocycles. The average Bonchev–Trinajstić information content (AvgIpc) is 2.01. The van der Waals surface area contributed by atoms with Crippen molar-refractivity contribution in [2.45, 2.75) is 0 Å². The highest BCUT2D eigenvalue weighted by Crippen LogP contribution is 2.29. The van der Waals surface area contributed by atoms with Gasteiger partial charge in [-0.15, -0.1) is 0 Å². The van der Waals surface area contributed by atoms with Gasteiger partial charge in [0.1, 0.15) is 0 Å². The lowest BCUT2D eigenvalue weighted by molar-refractivity contribution is -0.384. The molecule has 1 N–H and O–H groups in total. The molecule has 0 atom stereocenters. The van der Waals surface area contributed by atoms with E-state index in [1.54, 1.807) is 0 Å². The van der Waals surface area contributed by atoms with Crippen molar-refractivity contribution in [3.63, 3.8) is 0 Å². The van der Waals surface area contributed by atoms with E-state index in [0.29, 0.717) is 0 Å². The number of hydrogen-bond acceptors (Lipinski definition) is 3. The zero-order chi connectivity index (χ0) is 10.9. The van der Waals surface area contributed by atoms with E-state index in [4.69, 9.17) is 28.3 Å². The summed E-state index contributed by atoms with van der Waals surface area (Å²) in [5.41, 5.74) is -0.677. The fourth-order valence-electron chi connectivity index (χ4n) is 0.869. The van der Waals surface area contributed by atoms with Gasteiger partial charge in [-0.25, -0.2) is 4.79 Å². The van der Waals surface area contributed by atoms with Crippen LogP contribution in [0.4, 0.5) is 5.69 Å². The van der Waals surface area contributed by atoms with E-state index in [1.807, 2.05) is 0 Å². The van der Waals surface area contributed by atoms with Crippen LogP contribution >= 0.6 is 23.2 Å². The lowest BCUT2D eigenvalue weighted by Crippen LogP contribution is -2.00. The normalized spacial score (nSPS) is 9.86. The Morgan fingerprint density at radius 2 is 1.79 bits per heavy atom. The molecule has 0 saturated carbocycles. The maximum atomic E-state index is 10.6. The third-order valence-corrected chi connectivity index (χ3v) is 2.05. The van der Waals surface area contributed by atoms with Gasteiger partial charge in [-0.3, -0.25) is 10.1 Å². The summed E-state index contributed by atoms with van der Waals surface area (Å²) in [6.45, 7) is 0. The van der Waals surface area contributed by atoms with Crippen molar-refractivity contribution in [2.75, 3.05) is 0 Å². The summed E-state index contributed by atoms with van der Waals surface area (Å²) >= 11 is 11.0. The standard InChI is InChI=1S/C7H3Cl2NO4/c8-4-1-3(10(13)14)2-5(9)6(4)7(11)12/h1-2H,(H,11,12). The zero-order valence-electron chi connectivity index (χ0n) is 6.53. The number of nitrogens with zero attached hydrogens (tertiary/aromatic N) is 1. The molecule has 0 bridgehead atoms. The van der Waals surface area contributed by atoms with Crippen molar-refractivity contribution in [3.8, 4) is 0 Å². The largest absolute Gasteiger partial charge is 0.478 e. The average molecular weight is 236 g/mol. The molecule has 0 heterocycles. The molecule has 0 fully saturated rings. The van der Waals surface area contributed by atoms with E-state index in [-0.39, 0.29) is 21.3 Å². The van der Waals surface area contributed by atoms with Crippen molar-refractivity contribution >= 4 is 34.9 Å². The van der Waals surface area contributed by atoms with Crippen molar-refractivity contribution in [1.82, 2.24) is 0 Å². The third-order valence-electron chi connectivity index (χ3n) is 1.45. The minimum Gasteiger partial charge on any atom is -0.478 e. The van der Waals surface area contributed by atoms with E-state index in [0.717, 1.165) is 12.1 Å². The molecule has 0 unspecified atom stereocenters. The predicted octanol–water partition coefficient (Wildman–Crippen LogP) is 2.60. The molecule has 74 valence electrons. The fourth-order valence-corrected chi connectivity index (χ4v) is 1.51. The number of carbonyl (C=O) groups is 1. The predicted molar refractivity (Wildman–Crippen MR) is 50.1 cm³/mol. The fraction of sp³-hybridized carbons (Fsp3) is 0. The van der Waals surface area contributed by atoms with Crippen LogP contribution in [0, 0.1) is 10.1 Å². The summed E-state index contributed by atoms with van der Waals surface area (Å²) in [7, 11) is 0. The Morgan fingerprint density at radius 1 is 1.36 bits per heavy atom. The van der Waals surface area contributed by atoms with Gasteiger partial charge >= 0.3 is 5.97 Å². The first-order valence-corrected chi connectivity index (χ1v) is 4.06.